The molecule has 0 heterocycles. The molecular formula is C12H10I4N4. The maximum atomic E-state index is 6.22. The van der Waals surface area contributed by atoms with Crippen LogP contribution in [0.25, 0.3) is 11.1 Å². The Hall–Kier alpha value is 0.560. The summed E-state index contributed by atoms with van der Waals surface area (Å²) in [5.74, 6) is 0. The highest BCUT2D eigenvalue weighted by molar-refractivity contribution is 14.1. The van der Waals surface area contributed by atoms with Gasteiger partial charge in [-0.05, 0) is 102 Å². The molecule has 4 nitrogen and oxygen atoms in total. The Morgan fingerprint density at radius 3 is 0.900 bits per heavy atom. The first-order valence-electron chi connectivity index (χ1n) is 5.32. The average Bonchev–Trinajstić information content (AvgIpc) is 2.38. The van der Waals surface area contributed by atoms with Crippen LogP contribution in [0.1, 0.15) is 0 Å². The van der Waals surface area contributed by atoms with Gasteiger partial charge in [-0.3, -0.25) is 0 Å². The Labute approximate surface area is 171 Å². The maximum absolute atomic E-state index is 6.22. The quantitative estimate of drug-likeness (QED) is 0.264. The van der Waals surface area contributed by atoms with Crippen LogP contribution in [0.2, 0.25) is 0 Å². The van der Waals surface area contributed by atoms with Crippen molar-refractivity contribution in [3.8, 4) is 11.1 Å². The highest BCUT2D eigenvalue weighted by Gasteiger charge is 2.21. The molecule has 0 bridgehead atoms. The van der Waals surface area contributed by atoms with Crippen molar-refractivity contribution in [3.05, 3.63) is 26.4 Å². The van der Waals surface area contributed by atoms with Crippen molar-refractivity contribution in [3.63, 3.8) is 0 Å². The summed E-state index contributed by atoms with van der Waals surface area (Å²) in [6, 6.07) is 3.89. The molecule has 0 unspecified atom stereocenters. The normalized spacial score (nSPS) is 10.8. The van der Waals surface area contributed by atoms with Gasteiger partial charge in [0, 0.05) is 25.4 Å². The van der Waals surface area contributed by atoms with Crippen LogP contribution >= 0.6 is 90.4 Å². The van der Waals surface area contributed by atoms with Crippen molar-refractivity contribution in [1.29, 1.82) is 0 Å². The van der Waals surface area contributed by atoms with Crippen LogP contribution in [0.5, 0.6) is 0 Å². The van der Waals surface area contributed by atoms with Gasteiger partial charge in [-0.15, -0.1) is 0 Å². The van der Waals surface area contributed by atoms with Crippen molar-refractivity contribution in [2.24, 2.45) is 0 Å². The van der Waals surface area contributed by atoms with Gasteiger partial charge in [0.1, 0.15) is 0 Å². The molecule has 0 saturated heterocycles. The molecule has 0 aliphatic carbocycles. The Morgan fingerprint density at radius 2 is 0.700 bits per heavy atom. The predicted molar refractivity (Wildman–Crippen MR) is 120 cm³/mol. The highest BCUT2D eigenvalue weighted by Crippen LogP contribution is 2.45. The molecule has 0 spiro atoms. The summed E-state index contributed by atoms with van der Waals surface area (Å²) >= 11 is 8.76. The minimum atomic E-state index is 0.611. The van der Waals surface area contributed by atoms with E-state index in [4.69, 9.17) is 22.9 Å². The van der Waals surface area contributed by atoms with Crippen LogP contribution < -0.4 is 22.9 Å². The molecule has 0 aromatic heterocycles. The Bertz CT molecular complexity index is 602. The van der Waals surface area contributed by atoms with Crippen LogP contribution in [0.4, 0.5) is 22.7 Å². The van der Waals surface area contributed by atoms with E-state index in [1.807, 2.05) is 12.1 Å². The fourth-order valence-corrected chi connectivity index (χ4v) is 5.36. The third-order valence-electron chi connectivity index (χ3n) is 2.86. The van der Waals surface area contributed by atoms with Gasteiger partial charge >= 0.3 is 0 Å². The molecule has 0 aliphatic rings. The van der Waals surface area contributed by atoms with E-state index in [2.05, 4.69) is 90.4 Å². The third-order valence-corrected chi connectivity index (χ3v) is 6.43. The van der Waals surface area contributed by atoms with E-state index >= 15 is 0 Å². The van der Waals surface area contributed by atoms with Crippen molar-refractivity contribution >= 4 is 113 Å². The lowest BCUT2D eigenvalue weighted by molar-refractivity contribution is 1.51. The molecule has 0 radical (unpaired) electrons. The Morgan fingerprint density at radius 1 is 0.500 bits per heavy atom. The van der Waals surface area contributed by atoms with Crippen LogP contribution in [0.3, 0.4) is 0 Å². The fourth-order valence-electron chi connectivity index (χ4n) is 1.84. The number of hydrogen-bond donors (Lipinski definition) is 4. The SMILES string of the molecule is Nc1c(I)cc(I)c(N)c1-c1c(N)c(I)cc(I)c1N. The first kappa shape index (κ1) is 16.9. The van der Waals surface area contributed by atoms with Gasteiger partial charge in [0.25, 0.3) is 0 Å². The van der Waals surface area contributed by atoms with Crippen LogP contribution in [0, 0.1) is 14.3 Å². The molecule has 0 fully saturated rings. The molecule has 0 saturated carbocycles. The second kappa shape index (κ2) is 6.36. The van der Waals surface area contributed by atoms with E-state index in [9.17, 15) is 0 Å². The standard InChI is InChI=1S/C12H10I4N4/c13-3-1-4(14)10(18)7(9(3)17)8-11(19)5(15)2-6(16)12(8)20/h1-2H,17-20H2. The van der Waals surface area contributed by atoms with E-state index < -0.39 is 0 Å². The fraction of sp³-hybridized carbons (Fsp3) is 0. The van der Waals surface area contributed by atoms with E-state index in [0.717, 1.165) is 25.4 Å². The summed E-state index contributed by atoms with van der Waals surface area (Å²) in [5, 5.41) is 0. The van der Waals surface area contributed by atoms with Gasteiger partial charge in [-0.25, -0.2) is 0 Å². The van der Waals surface area contributed by atoms with Gasteiger partial charge in [-0.1, -0.05) is 0 Å². The summed E-state index contributed by atoms with van der Waals surface area (Å²) in [6.07, 6.45) is 0. The van der Waals surface area contributed by atoms with E-state index in [1.54, 1.807) is 0 Å². The second-order valence-electron chi connectivity index (χ2n) is 4.09. The molecule has 106 valence electrons. The zero-order valence-electron chi connectivity index (χ0n) is 9.98. The Kier molecular flexibility index (Phi) is 5.38. The van der Waals surface area contributed by atoms with E-state index in [1.165, 1.54) is 0 Å². The van der Waals surface area contributed by atoms with Crippen molar-refractivity contribution < 1.29 is 0 Å². The van der Waals surface area contributed by atoms with Gasteiger partial charge in [0.15, 0.2) is 0 Å². The monoisotopic (exact) mass is 718 g/mol. The molecule has 0 atom stereocenters. The number of benzene rings is 2. The summed E-state index contributed by atoms with van der Waals surface area (Å²) in [7, 11) is 0. The maximum Gasteiger partial charge on any atom is 0.0552 e. The van der Waals surface area contributed by atoms with Crippen LogP contribution in [0.15, 0.2) is 12.1 Å². The summed E-state index contributed by atoms with van der Waals surface area (Å²) < 4.78 is 3.74. The average molecular weight is 718 g/mol. The molecule has 0 aliphatic heterocycles. The zero-order valence-corrected chi connectivity index (χ0v) is 18.6. The highest BCUT2D eigenvalue weighted by atomic mass is 127. The van der Waals surface area contributed by atoms with Crippen molar-refractivity contribution in [2.45, 2.75) is 0 Å². The molecule has 2 aromatic rings. The lowest BCUT2D eigenvalue weighted by Gasteiger charge is -2.18. The first-order chi connectivity index (χ1) is 9.25. The Balaban J connectivity index is 2.96. The minimum Gasteiger partial charge on any atom is -0.397 e. The van der Waals surface area contributed by atoms with Gasteiger partial charge in [0.05, 0.1) is 22.7 Å². The smallest absolute Gasteiger partial charge is 0.0552 e. The lowest BCUT2D eigenvalue weighted by Crippen LogP contribution is -2.07. The first-order valence-corrected chi connectivity index (χ1v) is 9.63. The summed E-state index contributed by atoms with van der Waals surface area (Å²) in [6.45, 7) is 0. The number of hydrogen-bond acceptors (Lipinski definition) is 4. The van der Waals surface area contributed by atoms with Crippen molar-refractivity contribution in [1.82, 2.24) is 0 Å². The molecule has 0 amide bonds. The number of anilines is 4. The molecule has 2 rings (SSSR count). The molecule has 8 N–H and O–H groups in total. The van der Waals surface area contributed by atoms with Crippen molar-refractivity contribution in [2.75, 3.05) is 22.9 Å². The second-order valence-corrected chi connectivity index (χ2v) is 8.73. The van der Waals surface area contributed by atoms with E-state index in [0.29, 0.717) is 22.7 Å². The topological polar surface area (TPSA) is 104 Å². The number of rotatable bonds is 1. The summed E-state index contributed by atoms with van der Waals surface area (Å²) in [4.78, 5) is 0. The predicted octanol–water partition coefficient (Wildman–Crippen LogP) is 4.10. The van der Waals surface area contributed by atoms with Gasteiger partial charge in [0.2, 0.25) is 0 Å². The molecular weight excluding hydrogens is 708 g/mol. The van der Waals surface area contributed by atoms with Crippen LogP contribution in [-0.2, 0) is 0 Å². The van der Waals surface area contributed by atoms with Crippen LogP contribution in [-0.4, -0.2) is 0 Å². The minimum absolute atomic E-state index is 0.611. The van der Waals surface area contributed by atoms with Gasteiger partial charge in [-0.2, -0.15) is 0 Å². The zero-order chi connectivity index (χ0) is 15.2. The molecule has 20 heavy (non-hydrogen) atoms. The molecule has 8 heteroatoms. The lowest BCUT2D eigenvalue weighted by atomic mass is 9.98. The molecule has 2 aromatic carbocycles. The number of nitrogen functional groups attached to an aromatic ring is 4. The largest absolute Gasteiger partial charge is 0.397 e. The third kappa shape index (κ3) is 2.88. The van der Waals surface area contributed by atoms with E-state index in [-0.39, 0.29) is 0 Å². The number of nitrogens with two attached hydrogens (primary N) is 4. The van der Waals surface area contributed by atoms with Gasteiger partial charge < -0.3 is 22.9 Å². The number of halogens is 4. The summed E-state index contributed by atoms with van der Waals surface area (Å²) in [5.41, 5.74) is 28.8.